The second-order valence-electron chi connectivity index (χ2n) is 8.70. The fraction of sp³-hybridized carbons (Fsp3) is 0.481. The maximum absolute atomic E-state index is 13.3. The highest BCUT2D eigenvalue weighted by Crippen LogP contribution is 2.23. The Labute approximate surface area is 220 Å². The minimum absolute atomic E-state index is 0.0879. The quantitative estimate of drug-likeness (QED) is 0.375. The molecule has 0 spiro atoms. The fourth-order valence-electron chi connectivity index (χ4n) is 3.79. The zero-order chi connectivity index (χ0) is 27.4. The van der Waals surface area contributed by atoms with Gasteiger partial charge in [-0.2, -0.15) is 0 Å². The molecule has 0 aromatic heterocycles. The van der Waals surface area contributed by atoms with Crippen LogP contribution in [0, 0.1) is 0 Å². The van der Waals surface area contributed by atoms with Crippen LogP contribution in [0.2, 0.25) is 0 Å². The van der Waals surface area contributed by atoms with Crippen molar-refractivity contribution in [1.29, 1.82) is 0 Å². The molecule has 2 amide bonds. The lowest BCUT2D eigenvalue weighted by atomic mass is 10.1. The molecule has 9 nitrogen and oxygen atoms in total. The van der Waals surface area contributed by atoms with Gasteiger partial charge in [0.2, 0.25) is 21.8 Å². The smallest absolute Gasteiger partial charge is 0.242 e. The summed E-state index contributed by atoms with van der Waals surface area (Å²) in [6.45, 7) is 6.96. The van der Waals surface area contributed by atoms with E-state index >= 15 is 0 Å². The topological polar surface area (TPSA) is 105 Å². The number of sulfonamides is 1. The number of ether oxygens (including phenoxy) is 2. The molecule has 2 aromatic rings. The molecule has 1 N–H and O–H groups in total. The van der Waals surface area contributed by atoms with Crippen molar-refractivity contribution in [3.63, 3.8) is 0 Å². The number of carbonyl (C=O) groups is 2. The van der Waals surface area contributed by atoms with Gasteiger partial charge in [0.15, 0.2) is 0 Å². The van der Waals surface area contributed by atoms with Gasteiger partial charge in [-0.3, -0.25) is 13.9 Å². The highest BCUT2D eigenvalue weighted by Gasteiger charge is 2.26. The molecule has 37 heavy (non-hydrogen) atoms. The number of rotatable bonds is 15. The second-order valence-corrected chi connectivity index (χ2v) is 10.6. The normalized spacial score (nSPS) is 11.9. The first kappa shape index (κ1) is 30.0. The van der Waals surface area contributed by atoms with Crippen molar-refractivity contribution >= 4 is 27.5 Å². The van der Waals surface area contributed by atoms with E-state index in [0.29, 0.717) is 36.8 Å². The summed E-state index contributed by atoms with van der Waals surface area (Å²) in [4.78, 5) is 27.5. The van der Waals surface area contributed by atoms with E-state index < -0.39 is 16.1 Å². The third-order valence-electron chi connectivity index (χ3n) is 5.82. The molecule has 0 aliphatic heterocycles. The molecule has 0 aliphatic rings. The van der Waals surface area contributed by atoms with Crippen molar-refractivity contribution in [2.24, 2.45) is 0 Å². The molecule has 0 saturated carbocycles. The van der Waals surface area contributed by atoms with E-state index in [-0.39, 0.29) is 31.3 Å². The number of hydrogen-bond donors (Lipinski definition) is 1. The highest BCUT2D eigenvalue weighted by molar-refractivity contribution is 7.92. The summed E-state index contributed by atoms with van der Waals surface area (Å²) in [6, 6.07) is 13.4. The number of amides is 2. The van der Waals surface area contributed by atoms with Crippen molar-refractivity contribution < 1.29 is 27.5 Å². The van der Waals surface area contributed by atoms with Crippen molar-refractivity contribution in [2.45, 2.75) is 52.6 Å². The van der Waals surface area contributed by atoms with Crippen LogP contribution in [0.5, 0.6) is 11.5 Å². The minimum atomic E-state index is -3.56. The van der Waals surface area contributed by atoms with E-state index in [1.165, 1.54) is 9.21 Å². The van der Waals surface area contributed by atoms with Gasteiger partial charge in [0, 0.05) is 26.1 Å². The van der Waals surface area contributed by atoms with Gasteiger partial charge in [-0.1, -0.05) is 19.1 Å². The average Bonchev–Trinajstić information content (AvgIpc) is 2.88. The van der Waals surface area contributed by atoms with Gasteiger partial charge in [0.05, 0.1) is 25.7 Å². The molecule has 0 aliphatic carbocycles. The molecule has 0 saturated heterocycles. The van der Waals surface area contributed by atoms with Crippen LogP contribution in [0.4, 0.5) is 5.69 Å². The number of methoxy groups -OCH3 is 1. The molecule has 10 heteroatoms. The molecule has 2 aromatic carbocycles. The van der Waals surface area contributed by atoms with Gasteiger partial charge in [0.25, 0.3) is 0 Å². The summed E-state index contributed by atoms with van der Waals surface area (Å²) in [5.41, 5.74) is 1.36. The summed E-state index contributed by atoms with van der Waals surface area (Å²) in [7, 11) is -1.98. The van der Waals surface area contributed by atoms with Gasteiger partial charge in [-0.05, 0) is 68.7 Å². The third-order valence-corrected chi connectivity index (χ3v) is 7.01. The summed E-state index contributed by atoms with van der Waals surface area (Å²) < 4.78 is 36.9. The first-order valence-electron chi connectivity index (χ1n) is 12.5. The number of hydrogen-bond acceptors (Lipinski definition) is 6. The van der Waals surface area contributed by atoms with E-state index in [1.54, 1.807) is 50.4 Å². The largest absolute Gasteiger partial charge is 0.497 e. The third kappa shape index (κ3) is 9.27. The predicted octanol–water partition coefficient (Wildman–Crippen LogP) is 3.58. The molecule has 2 rings (SSSR count). The van der Waals surface area contributed by atoms with Crippen LogP contribution in [0.25, 0.3) is 0 Å². The number of nitrogens with zero attached hydrogens (tertiary/aromatic N) is 2. The lowest BCUT2D eigenvalue weighted by Crippen LogP contribution is -2.47. The van der Waals surface area contributed by atoms with Gasteiger partial charge in [-0.15, -0.1) is 0 Å². The molecular weight excluding hydrogens is 494 g/mol. The van der Waals surface area contributed by atoms with Crippen molar-refractivity contribution in [1.82, 2.24) is 10.2 Å². The summed E-state index contributed by atoms with van der Waals surface area (Å²) in [5, 5.41) is 2.85. The first-order valence-corrected chi connectivity index (χ1v) is 14.4. The van der Waals surface area contributed by atoms with Crippen molar-refractivity contribution in [3.05, 3.63) is 54.1 Å². The lowest BCUT2D eigenvalue weighted by molar-refractivity contribution is -0.140. The molecule has 0 heterocycles. The van der Waals surface area contributed by atoms with Gasteiger partial charge >= 0.3 is 0 Å². The van der Waals surface area contributed by atoms with Crippen molar-refractivity contribution in [3.8, 4) is 11.5 Å². The molecule has 0 bridgehead atoms. The molecule has 204 valence electrons. The second kappa shape index (κ2) is 14.5. The highest BCUT2D eigenvalue weighted by atomic mass is 32.2. The Balaban J connectivity index is 2.14. The van der Waals surface area contributed by atoms with Crippen LogP contribution in [0.15, 0.2) is 48.5 Å². The zero-order valence-electron chi connectivity index (χ0n) is 22.4. The molecule has 1 atom stereocenters. The average molecular weight is 534 g/mol. The lowest BCUT2D eigenvalue weighted by Gasteiger charge is -2.29. The van der Waals surface area contributed by atoms with E-state index in [0.717, 1.165) is 18.2 Å². The number of carbonyl (C=O) groups excluding carboxylic acids is 2. The molecule has 0 unspecified atom stereocenters. The molecule has 0 radical (unpaired) electrons. The summed E-state index contributed by atoms with van der Waals surface area (Å²) >= 11 is 0. The van der Waals surface area contributed by atoms with E-state index in [4.69, 9.17) is 9.47 Å². The van der Waals surface area contributed by atoms with Crippen LogP contribution >= 0.6 is 0 Å². The molecular formula is C27H39N3O6S. The Hall–Kier alpha value is -3.27. The van der Waals surface area contributed by atoms with Crippen LogP contribution in [0.3, 0.4) is 0 Å². The van der Waals surface area contributed by atoms with Crippen LogP contribution < -0.4 is 19.1 Å². The zero-order valence-corrected chi connectivity index (χ0v) is 23.2. The first-order chi connectivity index (χ1) is 17.6. The standard InChI is InChI=1S/C27H39N3O6S/c1-6-18-28-27(32)21(3)29(20-22-10-14-24(35-4)15-11-22)26(31)9-8-19-30(37(5,33)34)23-12-16-25(17-13-23)36-7-2/h10-17,21H,6-9,18-20H2,1-5H3,(H,28,32)/t21-/m0/s1. The van der Waals surface area contributed by atoms with Gasteiger partial charge < -0.3 is 19.7 Å². The Morgan fingerprint density at radius 3 is 2.16 bits per heavy atom. The maximum atomic E-state index is 13.3. The Bertz CT molecular complexity index is 1100. The Morgan fingerprint density at radius 1 is 1.00 bits per heavy atom. The van der Waals surface area contributed by atoms with Crippen LogP contribution in [-0.4, -0.2) is 64.2 Å². The Kier molecular flexibility index (Phi) is 11.7. The van der Waals surface area contributed by atoms with E-state index in [9.17, 15) is 18.0 Å². The van der Waals surface area contributed by atoms with Crippen molar-refractivity contribution in [2.75, 3.05) is 37.4 Å². The van der Waals surface area contributed by atoms with Crippen LogP contribution in [0.1, 0.15) is 45.6 Å². The molecule has 0 fully saturated rings. The maximum Gasteiger partial charge on any atom is 0.242 e. The minimum Gasteiger partial charge on any atom is -0.497 e. The van der Waals surface area contributed by atoms with Gasteiger partial charge in [0.1, 0.15) is 17.5 Å². The Morgan fingerprint density at radius 2 is 1.62 bits per heavy atom. The number of nitrogens with one attached hydrogen (secondary N) is 1. The monoisotopic (exact) mass is 533 g/mol. The predicted molar refractivity (Wildman–Crippen MR) is 145 cm³/mol. The van der Waals surface area contributed by atoms with Crippen LogP contribution in [-0.2, 0) is 26.2 Å². The summed E-state index contributed by atoms with van der Waals surface area (Å²) in [5.74, 6) is 0.899. The SMILES string of the molecule is CCCNC(=O)[C@H](C)N(Cc1ccc(OC)cc1)C(=O)CCCN(c1ccc(OCC)cc1)S(C)(=O)=O. The fourth-order valence-corrected chi connectivity index (χ4v) is 4.75. The van der Waals surface area contributed by atoms with E-state index in [1.807, 2.05) is 26.0 Å². The number of benzene rings is 2. The summed E-state index contributed by atoms with van der Waals surface area (Å²) in [6.07, 6.45) is 2.31. The van der Waals surface area contributed by atoms with Gasteiger partial charge in [-0.25, -0.2) is 8.42 Å². The number of anilines is 1. The van der Waals surface area contributed by atoms with E-state index in [2.05, 4.69) is 5.32 Å².